The van der Waals surface area contributed by atoms with Gasteiger partial charge in [0.25, 0.3) is 0 Å². The second-order valence-corrected chi connectivity index (χ2v) is 9.03. The van der Waals surface area contributed by atoms with Crippen molar-refractivity contribution in [2.24, 2.45) is 4.99 Å². The van der Waals surface area contributed by atoms with Crippen LogP contribution in [0.3, 0.4) is 0 Å². The first-order valence-corrected chi connectivity index (χ1v) is 11.3. The van der Waals surface area contributed by atoms with Gasteiger partial charge in [0, 0.05) is 10.9 Å². The Morgan fingerprint density at radius 3 is 2.57 bits per heavy atom. The first-order valence-electron chi connectivity index (χ1n) is 8.36. The minimum atomic E-state index is -0.505. The van der Waals surface area contributed by atoms with Crippen LogP contribution < -0.4 is 4.74 Å². The van der Waals surface area contributed by atoms with Crippen molar-refractivity contribution < 1.29 is 19.1 Å². The lowest BCUT2D eigenvalue weighted by atomic mass is 10.2. The summed E-state index contributed by atoms with van der Waals surface area (Å²) >= 11 is 7.66. The van der Waals surface area contributed by atoms with E-state index in [-0.39, 0.29) is 17.6 Å². The lowest BCUT2D eigenvalue weighted by Crippen LogP contribution is -2.09. The Morgan fingerprint density at radius 1 is 1.25 bits per heavy atom. The molecule has 0 saturated heterocycles. The third-order valence-corrected chi connectivity index (χ3v) is 6.01. The Hall–Kier alpha value is -1.27. The van der Waals surface area contributed by atoms with Crippen LogP contribution in [-0.2, 0) is 14.3 Å². The quantitative estimate of drug-likeness (QED) is 0.178. The molecule has 1 aliphatic rings. The predicted molar refractivity (Wildman–Crippen MR) is 127 cm³/mol. The van der Waals surface area contributed by atoms with Gasteiger partial charge in [0.1, 0.15) is 0 Å². The van der Waals surface area contributed by atoms with Gasteiger partial charge in [-0.15, -0.1) is 0 Å². The van der Waals surface area contributed by atoms with Crippen LogP contribution in [0.1, 0.15) is 30.9 Å². The van der Waals surface area contributed by atoms with Crippen molar-refractivity contribution in [1.29, 1.82) is 0 Å². The summed E-state index contributed by atoms with van der Waals surface area (Å²) in [5.74, 6) is 0.0344. The SMILES string of the molecule is CCCC(=O)Oc1c(I)cc(/C=C2\N=C(c3ccccc3Br)OC2=O)cc1I. The van der Waals surface area contributed by atoms with E-state index in [1.165, 1.54) is 0 Å². The fourth-order valence-corrected chi connectivity index (χ4v) is 4.94. The summed E-state index contributed by atoms with van der Waals surface area (Å²) in [6.07, 6.45) is 2.76. The van der Waals surface area contributed by atoms with Crippen LogP contribution in [0.25, 0.3) is 6.08 Å². The molecule has 0 spiro atoms. The minimum Gasteiger partial charge on any atom is -0.424 e. The van der Waals surface area contributed by atoms with E-state index >= 15 is 0 Å². The Balaban J connectivity index is 1.90. The second-order valence-electron chi connectivity index (χ2n) is 5.85. The molecule has 0 N–H and O–H groups in total. The molecule has 3 rings (SSSR count). The molecule has 0 saturated carbocycles. The van der Waals surface area contributed by atoms with Crippen LogP contribution in [0.2, 0.25) is 0 Å². The van der Waals surface area contributed by atoms with Crippen LogP contribution in [0.15, 0.2) is 51.6 Å². The van der Waals surface area contributed by atoms with E-state index in [2.05, 4.69) is 66.1 Å². The summed E-state index contributed by atoms with van der Waals surface area (Å²) < 4.78 is 13.1. The molecular formula is C20H14BrI2NO4. The number of carbonyl (C=O) groups excluding carboxylic acids is 2. The van der Waals surface area contributed by atoms with Crippen molar-refractivity contribution in [1.82, 2.24) is 0 Å². The lowest BCUT2D eigenvalue weighted by Gasteiger charge is -2.09. The molecule has 2 aromatic carbocycles. The largest absolute Gasteiger partial charge is 0.424 e. The fraction of sp³-hybridized carbons (Fsp3) is 0.150. The number of ether oxygens (including phenoxy) is 2. The van der Waals surface area contributed by atoms with E-state index in [4.69, 9.17) is 9.47 Å². The van der Waals surface area contributed by atoms with Crippen LogP contribution in [0.5, 0.6) is 5.75 Å². The predicted octanol–water partition coefficient (Wildman–Crippen LogP) is 5.71. The normalized spacial score (nSPS) is 14.8. The number of halogens is 3. The van der Waals surface area contributed by atoms with E-state index < -0.39 is 5.97 Å². The van der Waals surface area contributed by atoms with Gasteiger partial charge in [-0.3, -0.25) is 4.79 Å². The maximum absolute atomic E-state index is 12.2. The highest BCUT2D eigenvalue weighted by Gasteiger charge is 2.25. The number of hydrogen-bond acceptors (Lipinski definition) is 5. The zero-order chi connectivity index (χ0) is 20.3. The van der Waals surface area contributed by atoms with E-state index in [1.807, 2.05) is 43.3 Å². The number of nitrogens with zero attached hydrogens (tertiary/aromatic N) is 1. The van der Waals surface area contributed by atoms with Crippen molar-refractivity contribution in [3.8, 4) is 5.75 Å². The number of carbonyl (C=O) groups is 2. The molecule has 1 aliphatic heterocycles. The highest BCUT2D eigenvalue weighted by atomic mass is 127. The highest BCUT2D eigenvalue weighted by molar-refractivity contribution is 14.1. The molecule has 0 aliphatic carbocycles. The molecule has 0 bridgehead atoms. The second kappa shape index (κ2) is 9.49. The number of hydrogen-bond donors (Lipinski definition) is 0. The van der Waals surface area contributed by atoms with Crippen LogP contribution >= 0.6 is 61.1 Å². The zero-order valence-electron chi connectivity index (χ0n) is 14.7. The van der Waals surface area contributed by atoms with Crippen molar-refractivity contribution in [2.45, 2.75) is 19.8 Å². The standard InChI is InChI=1S/C20H14BrI2NO4/c1-2-5-17(25)27-18-14(22)8-11(9-15(18)23)10-16-20(26)28-19(24-16)12-6-3-4-7-13(12)21/h3-4,6-10H,2,5H2,1H3/b16-10-. The van der Waals surface area contributed by atoms with E-state index in [0.717, 1.165) is 23.6 Å². The summed E-state index contributed by atoms with van der Waals surface area (Å²) in [5, 5.41) is 0. The monoisotopic (exact) mass is 665 g/mol. The van der Waals surface area contributed by atoms with Crippen LogP contribution in [-0.4, -0.2) is 17.8 Å². The van der Waals surface area contributed by atoms with Gasteiger partial charge in [0.15, 0.2) is 11.4 Å². The molecule has 144 valence electrons. The van der Waals surface area contributed by atoms with E-state index in [0.29, 0.717) is 17.7 Å². The van der Waals surface area contributed by atoms with Crippen molar-refractivity contribution in [2.75, 3.05) is 0 Å². The maximum atomic E-state index is 12.2. The molecule has 0 radical (unpaired) electrons. The van der Waals surface area contributed by atoms with Crippen molar-refractivity contribution in [3.63, 3.8) is 0 Å². The van der Waals surface area contributed by atoms with E-state index in [1.54, 1.807) is 6.08 Å². The van der Waals surface area contributed by atoms with Crippen LogP contribution in [0.4, 0.5) is 0 Å². The van der Waals surface area contributed by atoms with Gasteiger partial charge in [0.2, 0.25) is 5.90 Å². The van der Waals surface area contributed by atoms with Crippen LogP contribution in [0, 0.1) is 7.14 Å². The first-order chi connectivity index (χ1) is 13.4. The Morgan fingerprint density at radius 2 is 1.93 bits per heavy atom. The Bertz CT molecular complexity index is 994. The summed E-state index contributed by atoms with van der Waals surface area (Å²) in [6.45, 7) is 1.93. The molecule has 0 aromatic heterocycles. The lowest BCUT2D eigenvalue weighted by molar-refractivity contribution is -0.134. The van der Waals surface area contributed by atoms with Gasteiger partial charge in [0.05, 0.1) is 12.7 Å². The highest BCUT2D eigenvalue weighted by Crippen LogP contribution is 2.31. The van der Waals surface area contributed by atoms with Gasteiger partial charge in [-0.1, -0.05) is 19.1 Å². The van der Waals surface area contributed by atoms with Gasteiger partial charge in [-0.2, -0.15) is 0 Å². The number of aliphatic imine (C=N–C) groups is 1. The number of esters is 2. The number of benzene rings is 2. The maximum Gasteiger partial charge on any atom is 0.363 e. The molecule has 8 heteroatoms. The molecule has 0 unspecified atom stereocenters. The van der Waals surface area contributed by atoms with Crippen molar-refractivity contribution in [3.05, 3.63) is 64.8 Å². The molecule has 2 aromatic rings. The fourth-order valence-electron chi connectivity index (χ4n) is 2.45. The summed E-state index contributed by atoms with van der Waals surface area (Å²) in [6, 6.07) is 11.1. The summed E-state index contributed by atoms with van der Waals surface area (Å²) in [7, 11) is 0. The summed E-state index contributed by atoms with van der Waals surface area (Å²) in [4.78, 5) is 28.4. The summed E-state index contributed by atoms with van der Waals surface area (Å²) in [5.41, 5.74) is 1.70. The van der Waals surface area contributed by atoms with Gasteiger partial charge >= 0.3 is 11.9 Å². The molecule has 28 heavy (non-hydrogen) atoms. The molecule has 1 heterocycles. The first kappa shape index (κ1) is 21.4. The van der Waals surface area contributed by atoms with E-state index in [9.17, 15) is 9.59 Å². The Labute approximate surface area is 198 Å². The van der Waals surface area contributed by atoms with Crippen molar-refractivity contribution >= 4 is 85.0 Å². The number of cyclic esters (lactones) is 1. The zero-order valence-corrected chi connectivity index (χ0v) is 20.6. The number of rotatable bonds is 5. The van der Waals surface area contributed by atoms with Gasteiger partial charge in [-0.05, 0) is 103 Å². The Kier molecular flexibility index (Phi) is 7.26. The molecule has 0 amide bonds. The topological polar surface area (TPSA) is 65.0 Å². The third-order valence-electron chi connectivity index (χ3n) is 3.72. The minimum absolute atomic E-state index is 0.216. The smallest absolute Gasteiger partial charge is 0.363 e. The third kappa shape index (κ3) is 5.01. The molecular weight excluding hydrogens is 652 g/mol. The molecule has 0 atom stereocenters. The average molecular weight is 666 g/mol. The van der Waals surface area contributed by atoms with Gasteiger partial charge in [-0.25, -0.2) is 9.79 Å². The van der Waals surface area contributed by atoms with Gasteiger partial charge < -0.3 is 9.47 Å². The molecule has 5 nitrogen and oxygen atoms in total. The average Bonchev–Trinajstić information content (AvgIpc) is 2.99. The molecule has 0 fully saturated rings.